The molecule has 0 spiro atoms. The van der Waals surface area contributed by atoms with E-state index in [4.69, 9.17) is 9.47 Å². The second-order valence-electron chi connectivity index (χ2n) is 7.90. The van der Waals surface area contributed by atoms with Crippen LogP contribution in [0.3, 0.4) is 0 Å². The summed E-state index contributed by atoms with van der Waals surface area (Å²) >= 11 is 0. The number of hydrogen-bond acceptors (Lipinski definition) is 7. The van der Waals surface area contributed by atoms with E-state index in [0.29, 0.717) is 17.7 Å². The molecule has 1 N–H and O–H groups in total. The molecule has 1 aliphatic heterocycles. The first-order chi connectivity index (χ1) is 16.7. The molecule has 0 atom stereocenters. The maximum atomic E-state index is 12.8. The van der Waals surface area contributed by atoms with Gasteiger partial charge >= 0.3 is 5.97 Å². The number of ether oxygens (including phenoxy) is 2. The van der Waals surface area contributed by atoms with Crippen LogP contribution in [-0.2, 0) is 19.6 Å². The smallest absolute Gasteiger partial charge is 0.328 e. The van der Waals surface area contributed by atoms with Gasteiger partial charge in [0.25, 0.3) is 10.0 Å². The summed E-state index contributed by atoms with van der Waals surface area (Å²) in [7, 11) is -3.70. The Kier molecular flexibility index (Phi) is 6.74. The first kappa shape index (κ1) is 24.2. The number of rotatable bonds is 8. The van der Waals surface area contributed by atoms with E-state index < -0.39 is 29.1 Å². The Morgan fingerprint density at radius 2 is 1.77 bits per heavy atom. The van der Waals surface area contributed by atoms with Gasteiger partial charge in [-0.1, -0.05) is 12.1 Å². The number of ketones is 1. The van der Waals surface area contributed by atoms with Crippen molar-refractivity contribution in [1.29, 1.82) is 0 Å². The van der Waals surface area contributed by atoms with Crippen molar-refractivity contribution in [2.75, 3.05) is 19.8 Å². The molecule has 0 bridgehead atoms. The molecule has 0 amide bonds. The predicted molar refractivity (Wildman–Crippen MR) is 130 cm³/mol. The summed E-state index contributed by atoms with van der Waals surface area (Å²) in [6.45, 7) is 5.34. The molecule has 1 aliphatic rings. The van der Waals surface area contributed by atoms with Crippen molar-refractivity contribution in [3.05, 3.63) is 77.1 Å². The van der Waals surface area contributed by atoms with Crippen molar-refractivity contribution >= 4 is 27.6 Å². The van der Waals surface area contributed by atoms with Crippen molar-refractivity contribution in [2.45, 2.75) is 25.7 Å². The lowest BCUT2D eigenvalue weighted by molar-refractivity contribution is -0.140. The summed E-state index contributed by atoms with van der Waals surface area (Å²) in [5.74, 6) is -0.250. The number of nitrogens with one attached hydrogen (secondary N) is 1. The predicted octanol–water partition coefficient (Wildman–Crippen LogP) is 2.96. The Morgan fingerprint density at radius 3 is 2.49 bits per heavy atom. The van der Waals surface area contributed by atoms with Crippen LogP contribution in [0.4, 0.5) is 0 Å². The summed E-state index contributed by atoms with van der Waals surface area (Å²) in [6.07, 6.45) is 0. The van der Waals surface area contributed by atoms with E-state index in [1.165, 1.54) is 6.07 Å². The molecule has 9 nitrogen and oxygen atoms in total. The van der Waals surface area contributed by atoms with E-state index in [0.717, 1.165) is 22.8 Å². The molecule has 0 unspecified atom stereocenters. The molecule has 10 heteroatoms. The van der Waals surface area contributed by atoms with E-state index in [9.17, 15) is 18.0 Å². The molecule has 0 saturated carbocycles. The van der Waals surface area contributed by atoms with Crippen LogP contribution in [0, 0.1) is 13.8 Å². The molecule has 35 heavy (non-hydrogen) atoms. The molecule has 4 rings (SSSR count). The first-order valence-corrected chi connectivity index (χ1v) is 12.5. The monoisotopic (exact) mass is 495 g/mol. The van der Waals surface area contributed by atoms with Gasteiger partial charge in [0, 0.05) is 28.2 Å². The third kappa shape index (κ3) is 4.97. The number of carbonyl (C=O) groups excluding carboxylic acids is 2. The van der Waals surface area contributed by atoms with E-state index in [1.807, 2.05) is 49.6 Å². The number of Topliss-reactive ketones (excluding diaryl/α,β-unsaturated/α-hetero) is 1. The minimum absolute atomic E-state index is 0.0720. The molecule has 0 aliphatic carbocycles. The molecule has 3 aromatic rings. The van der Waals surface area contributed by atoms with Gasteiger partial charge in [-0.3, -0.25) is 19.3 Å². The maximum Gasteiger partial charge on any atom is 0.328 e. The molecule has 0 fully saturated rings. The largest absolute Gasteiger partial charge is 0.494 e. The van der Waals surface area contributed by atoms with Crippen molar-refractivity contribution < 1.29 is 27.5 Å². The SMILES string of the molecule is CCOc1ccc(-n2c(C)cc(C(=O)COC(=O)CN=C3NS(=O)(=O)c4ccccc43)c2C)cc1. The van der Waals surface area contributed by atoms with Crippen LogP contribution in [0.15, 0.2) is 64.5 Å². The Morgan fingerprint density at radius 1 is 1.06 bits per heavy atom. The normalized spacial score (nSPS) is 14.9. The van der Waals surface area contributed by atoms with Crippen molar-refractivity contribution in [1.82, 2.24) is 9.29 Å². The Bertz CT molecular complexity index is 1420. The Balaban J connectivity index is 1.41. The second kappa shape index (κ2) is 9.75. The zero-order valence-electron chi connectivity index (χ0n) is 19.6. The van der Waals surface area contributed by atoms with Crippen LogP contribution >= 0.6 is 0 Å². The van der Waals surface area contributed by atoms with Crippen LogP contribution in [0.1, 0.15) is 34.2 Å². The maximum absolute atomic E-state index is 12.8. The highest BCUT2D eigenvalue weighted by atomic mass is 32.2. The van der Waals surface area contributed by atoms with Gasteiger partial charge in [-0.05, 0) is 63.2 Å². The summed E-state index contributed by atoms with van der Waals surface area (Å²) in [5, 5.41) is 0. The Labute approximate surface area is 203 Å². The number of nitrogens with zero attached hydrogens (tertiary/aromatic N) is 2. The highest BCUT2D eigenvalue weighted by Gasteiger charge is 2.30. The van der Waals surface area contributed by atoms with Crippen LogP contribution < -0.4 is 9.46 Å². The summed E-state index contributed by atoms with van der Waals surface area (Å²) in [4.78, 5) is 29.1. The molecule has 0 radical (unpaired) electrons. The fraction of sp³-hybridized carbons (Fsp3) is 0.240. The van der Waals surface area contributed by atoms with Gasteiger partial charge in [0.15, 0.2) is 6.61 Å². The van der Waals surface area contributed by atoms with Crippen LogP contribution in [-0.4, -0.2) is 50.3 Å². The molecule has 0 saturated heterocycles. The number of aliphatic imine (C=N–C) groups is 1. The molecular formula is C25H25N3O6S. The molecule has 2 aromatic carbocycles. The van der Waals surface area contributed by atoms with Crippen LogP contribution in [0.5, 0.6) is 5.75 Å². The van der Waals surface area contributed by atoms with E-state index in [-0.39, 0.29) is 16.5 Å². The molecule has 2 heterocycles. The van der Waals surface area contributed by atoms with Gasteiger partial charge in [0.05, 0.1) is 11.5 Å². The molecule has 182 valence electrons. The lowest BCUT2D eigenvalue weighted by atomic mass is 10.1. The molecular weight excluding hydrogens is 470 g/mol. The standard InChI is InChI=1S/C25H25N3O6S/c1-4-33-19-11-9-18(10-12-19)28-16(2)13-21(17(28)3)22(29)15-34-24(30)14-26-25-20-7-5-6-8-23(20)35(31,32)27-25/h5-13H,4,14-15H2,1-3H3,(H,26,27). The van der Waals surface area contributed by atoms with Crippen LogP contribution in [0.2, 0.25) is 0 Å². The number of hydrogen-bond donors (Lipinski definition) is 1. The minimum atomic E-state index is -3.70. The first-order valence-electron chi connectivity index (χ1n) is 11.0. The lowest BCUT2D eigenvalue weighted by Gasteiger charge is -2.11. The Hall–Kier alpha value is -3.92. The molecule has 1 aromatic heterocycles. The average Bonchev–Trinajstić information content (AvgIpc) is 3.29. The lowest BCUT2D eigenvalue weighted by Crippen LogP contribution is -2.24. The topological polar surface area (TPSA) is 116 Å². The third-order valence-electron chi connectivity index (χ3n) is 5.53. The highest BCUT2D eigenvalue weighted by Crippen LogP contribution is 2.24. The van der Waals surface area contributed by atoms with Gasteiger partial charge in [-0.25, -0.2) is 8.42 Å². The van der Waals surface area contributed by atoms with Gasteiger partial charge in [-0.2, -0.15) is 0 Å². The fourth-order valence-corrected chi connectivity index (χ4v) is 5.22. The zero-order chi connectivity index (χ0) is 25.2. The number of fused-ring (bicyclic) bond motifs is 1. The van der Waals surface area contributed by atoms with Gasteiger partial charge in [0.1, 0.15) is 18.1 Å². The summed E-state index contributed by atoms with van der Waals surface area (Å²) < 4.78 is 39.1. The number of benzene rings is 2. The number of aryl methyl sites for hydroxylation is 1. The minimum Gasteiger partial charge on any atom is -0.494 e. The van der Waals surface area contributed by atoms with E-state index >= 15 is 0 Å². The number of sulfonamides is 1. The average molecular weight is 496 g/mol. The fourth-order valence-electron chi connectivity index (χ4n) is 3.96. The van der Waals surface area contributed by atoms with E-state index in [2.05, 4.69) is 9.71 Å². The number of carbonyl (C=O) groups is 2. The summed E-state index contributed by atoms with van der Waals surface area (Å²) in [5.41, 5.74) is 3.31. The summed E-state index contributed by atoms with van der Waals surface area (Å²) in [6, 6.07) is 15.7. The number of aromatic nitrogens is 1. The number of esters is 1. The van der Waals surface area contributed by atoms with E-state index in [1.54, 1.807) is 24.3 Å². The third-order valence-corrected chi connectivity index (χ3v) is 6.93. The second-order valence-corrected chi connectivity index (χ2v) is 9.55. The van der Waals surface area contributed by atoms with Gasteiger partial charge in [-0.15, -0.1) is 0 Å². The van der Waals surface area contributed by atoms with Crippen LogP contribution in [0.25, 0.3) is 5.69 Å². The van der Waals surface area contributed by atoms with Crippen molar-refractivity contribution in [3.8, 4) is 11.4 Å². The van der Waals surface area contributed by atoms with Gasteiger partial charge in [0.2, 0.25) is 5.78 Å². The van der Waals surface area contributed by atoms with Crippen molar-refractivity contribution in [2.24, 2.45) is 4.99 Å². The quantitative estimate of drug-likeness (QED) is 0.379. The van der Waals surface area contributed by atoms with Gasteiger partial charge < -0.3 is 14.0 Å². The zero-order valence-corrected chi connectivity index (χ0v) is 20.4. The van der Waals surface area contributed by atoms with Crippen molar-refractivity contribution in [3.63, 3.8) is 0 Å². The number of amidine groups is 1. The highest BCUT2D eigenvalue weighted by molar-refractivity contribution is 7.90.